The third-order valence-corrected chi connectivity index (χ3v) is 13.8. The standard InChI is InChI=1S/C52H51Cl2F2N3O8/c53-43-25-57-26-44(54)42(43)23-46(37-14-15-45(67-52(55)56)47(22-37)64-30-32-12-13-32)66-51(62)39-27-59(28-39)50(61)38-10-4-6-33(20-38)31-63-40-11-5-9-36(21-40)41(34-7-2-1-3-8-34)24-49(60)65-48-29-58-18-16-35(48)17-19-58/h1-11,14-15,20-22,25-26,32,35,39,41,46,48,52H,12-13,16-19,23-24,27-31H2/t41-,46-,48-/m0/s1. The van der Waals surface area contributed by atoms with Crippen LogP contribution in [0.25, 0.3) is 0 Å². The summed E-state index contributed by atoms with van der Waals surface area (Å²) >= 11 is 13.0. The number of piperidine rings is 3. The highest BCUT2D eigenvalue weighted by atomic mass is 35.5. The Morgan fingerprint density at radius 1 is 0.761 bits per heavy atom. The minimum atomic E-state index is -3.07. The van der Waals surface area contributed by atoms with E-state index in [0.29, 0.717) is 40.9 Å². The SMILES string of the molecule is O=C(C[C@@H](c1ccccc1)c1cccc(OCc2cccc(C(=O)N3CC(C(=O)O[C@@H](Cc4c(Cl)cncc4Cl)c4ccc(OC(F)F)c(OCC5CC5)c4)C3)c2)c1)O[C@H]1CN2CCC1CC2. The van der Waals surface area contributed by atoms with Gasteiger partial charge in [-0.1, -0.05) is 83.9 Å². The van der Waals surface area contributed by atoms with Crippen molar-refractivity contribution in [3.8, 4) is 17.2 Å². The number of halogens is 4. The number of alkyl halides is 2. The summed E-state index contributed by atoms with van der Waals surface area (Å²) in [6.45, 7) is 0.660. The Balaban J connectivity index is 0.827. The molecule has 0 radical (unpaired) electrons. The van der Waals surface area contributed by atoms with Crippen molar-refractivity contribution in [2.75, 3.05) is 39.3 Å². The maximum atomic E-state index is 13.7. The summed E-state index contributed by atoms with van der Waals surface area (Å²) in [5, 5.41) is 0.534. The molecule has 0 spiro atoms. The molecule has 15 heteroatoms. The number of hydrogen-bond acceptors (Lipinski definition) is 10. The van der Waals surface area contributed by atoms with E-state index in [1.54, 1.807) is 23.1 Å². The Labute approximate surface area is 398 Å². The third kappa shape index (κ3) is 11.7. The summed E-state index contributed by atoms with van der Waals surface area (Å²) in [7, 11) is 0. The van der Waals surface area contributed by atoms with Crippen LogP contribution in [0.1, 0.15) is 82.3 Å². The molecule has 4 aromatic carbocycles. The first-order valence-corrected chi connectivity index (χ1v) is 23.6. The van der Waals surface area contributed by atoms with E-state index < -0.39 is 24.6 Å². The van der Waals surface area contributed by atoms with Crippen molar-refractivity contribution >= 4 is 41.0 Å². The first kappa shape index (κ1) is 46.4. The van der Waals surface area contributed by atoms with E-state index in [9.17, 15) is 23.2 Å². The molecule has 1 aromatic heterocycles. The first-order valence-electron chi connectivity index (χ1n) is 22.8. The van der Waals surface area contributed by atoms with Crippen LogP contribution in [-0.4, -0.2) is 84.7 Å². The van der Waals surface area contributed by atoms with Crippen LogP contribution in [0.15, 0.2) is 109 Å². The lowest BCUT2D eigenvalue weighted by Crippen LogP contribution is -2.53. The van der Waals surface area contributed by atoms with Crippen molar-refractivity contribution in [3.05, 3.63) is 153 Å². The molecule has 1 saturated carbocycles. The molecule has 0 unspecified atom stereocenters. The van der Waals surface area contributed by atoms with Crippen LogP contribution in [-0.2, 0) is 32.1 Å². The number of fused-ring (bicyclic) bond motifs is 3. The van der Waals surface area contributed by atoms with Gasteiger partial charge in [-0.2, -0.15) is 8.78 Å². The molecule has 1 amide bonds. The van der Waals surface area contributed by atoms with Crippen LogP contribution in [0.4, 0.5) is 8.78 Å². The Bertz CT molecular complexity index is 2530. The number of pyridine rings is 1. The van der Waals surface area contributed by atoms with E-state index in [2.05, 4.69) is 9.88 Å². The van der Waals surface area contributed by atoms with Crippen molar-refractivity contribution in [1.82, 2.24) is 14.8 Å². The molecular weight excluding hydrogens is 903 g/mol. The van der Waals surface area contributed by atoms with Crippen LogP contribution < -0.4 is 14.2 Å². The normalized spacial score (nSPS) is 19.8. The van der Waals surface area contributed by atoms with Crippen molar-refractivity contribution in [2.45, 2.75) is 69.9 Å². The van der Waals surface area contributed by atoms with E-state index in [-0.39, 0.29) is 78.0 Å². The van der Waals surface area contributed by atoms with Crippen molar-refractivity contribution in [1.29, 1.82) is 0 Å². The monoisotopic (exact) mass is 953 g/mol. The lowest BCUT2D eigenvalue weighted by atomic mass is 9.85. The summed E-state index contributed by atoms with van der Waals surface area (Å²) in [5.41, 5.74) is 4.10. The third-order valence-electron chi connectivity index (χ3n) is 13.1. The summed E-state index contributed by atoms with van der Waals surface area (Å²) in [5.74, 6) is -0.507. The van der Waals surface area contributed by atoms with Crippen LogP contribution in [0, 0.1) is 17.8 Å². The van der Waals surface area contributed by atoms with Crippen LogP contribution in [0.3, 0.4) is 0 Å². The zero-order valence-electron chi connectivity index (χ0n) is 36.7. The van der Waals surface area contributed by atoms with E-state index in [4.69, 9.17) is 46.9 Å². The largest absolute Gasteiger partial charge is 0.489 e. The number of benzene rings is 4. The highest BCUT2D eigenvalue weighted by molar-refractivity contribution is 6.35. The predicted octanol–water partition coefficient (Wildman–Crippen LogP) is 10.1. The highest BCUT2D eigenvalue weighted by Gasteiger charge is 2.39. The predicted molar refractivity (Wildman–Crippen MR) is 247 cm³/mol. The zero-order chi connectivity index (χ0) is 46.4. The van der Waals surface area contributed by atoms with Gasteiger partial charge in [-0.05, 0) is 115 Å². The fraction of sp³-hybridized carbons (Fsp3) is 0.385. The number of nitrogens with zero attached hydrogens (tertiary/aromatic N) is 3. The molecule has 5 aliphatic rings. The van der Waals surface area contributed by atoms with Crippen molar-refractivity contribution in [2.24, 2.45) is 17.8 Å². The van der Waals surface area contributed by atoms with Gasteiger partial charge < -0.3 is 28.6 Å². The Morgan fingerprint density at radius 3 is 2.22 bits per heavy atom. The van der Waals surface area contributed by atoms with Gasteiger partial charge in [-0.25, -0.2) is 0 Å². The minimum Gasteiger partial charge on any atom is -0.489 e. The molecule has 0 N–H and O–H groups in total. The summed E-state index contributed by atoms with van der Waals surface area (Å²) in [6, 6.07) is 29.3. The lowest BCUT2D eigenvalue weighted by molar-refractivity contribution is -0.160. The number of aromatic nitrogens is 1. The minimum absolute atomic E-state index is 0.0551. The van der Waals surface area contributed by atoms with Gasteiger partial charge in [0.05, 0.1) is 29.0 Å². The molecule has 5 fully saturated rings. The van der Waals surface area contributed by atoms with Gasteiger partial charge in [0.25, 0.3) is 5.91 Å². The maximum absolute atomic E-state index is 13.7. The summed E-state index contributed by atoms with van der Waals surface area (Å²) in [4.78, 5) is 48.9. The molecule has 1 aliphatic carbocycles. The summed E-state index contributed by atoms with van der Waals surface area (Å²) in [6.07, 6.45) is 6.22. The number of hydrogen-bond donors (Lipinski definition) is 0. The van der Waals surface area contributed by atoms with E-state index in [1.807, 2.05) is 60.7 Å². The molecule has 67 heavy (non-hydrogen) atoms. The smallest absolute Gasteiger partial charge is 0.387 e. The van der Waals surface area contributed by atoms with Gasteiger partial charge in [0.2, 0.25) is 0 Å². The Kier molecular flexibility index (Phi) is 14.6. The maximum Gasteiger partial charge on any atom is 0.387 e. The quantitative estimate of drug-likeness (QED) is 0.0741. The van der Waals surface area contributed by atoms with Crippen LogP contribution in [0.2, 0.25) is 10.0 Å². The Morgan fingerprint density at radius 2 is 1.51 bits per heavy atom. The van der Waals surface area contributed by atoms with E-state index in [1.165, 1.54) is 30.6 Å². The van der Waals surface area contributed by atoms with Gasteiger partial charge in [-0.15, -0.1) is 0 Å². The average molecular weight is 955 g/mol. The number of esters is 2. The molecule has 4 aliphatic heterocycles. The fourth-order valence-electron chi connectivity index (χ4n) is 9.11. The van der Waals surface area contributed by atoms with Crippen molar-refractivity contribution in [3.63, 3.8) is 0 Å². The molecule has 5 aromatic rings. The van der Waals surface area contributed by atoms with Crippen LogP contribution >= 0.6 is 23.2 Å². The molecule has 5 heterocycles. The number of likely N-dealkylation sites (tertiary alicyclic amines) is 1. The number of ether oxygens (including phenoxy) is 5. The van der Waals surface area contributed by atoms with Crippen LogP contribution in [0.5, 0.6) is 17.2 Å². The summed E-state index contributed by atoms with van der Waals surface area (Å²) < 4.78 is 55.7. The highest BCUT2D eigenvalue weighted by Crippen LogP contribution is 2.39. The second-order valence-electron chi connectivity index (χ2n) is 17.9. The lowest BCUT2D eigenvalue weighted by Gasteiger charge is -2.44. The van der Waals surface area contributed by atoms with Gasteiger partial charge in [0.15, 0.2) is 11.5 Å². The molecule has 11 nitrogen and oxygen atoms in total. The first-order chi connectivity index (χ1) is 32.5. The second-order valence-corrected chi connectivity index (χ2v) is 18.7. The van der Waals surface area contributed by atoms with Gasteiger partial charge >= 0.3 is 18.6 Å². The Hall–Kier alpha value is -5.76. The van der Waals surface area contributed by atoms with Gasteiger partial charge in [-0.3, -0.25) is 24.3 Å². The van der Waals surface area contributed by atoms with E-state index >= 15 is 0 Å². The molecule has 2 bridgehead atoms. The van der Waals surface area contributed by atoms with E-state index in [0.717, 1.165) is 62.0 Å². The molecule has 350 valence electrons. The van der Waals surface area contributed by atoms with Gasteiger partial charge in [0, 0.05) is 49.9 Å². The fourth-order valence-corrected chi connectivity index (χ4v) is 9.62. The number of rotatable bonds is 19. The molecular formula is C52H51Cl2F2N3O8. The van der Waals surface area contributed by atoms with Crippen molar-refractivity contribution < 1.29 is 46.8 Å². The second kappa shape index (κ2) is 21.0. The molecule has 10 rings (SSSR count). The zero-order valence-corrected chi connectivity index (χ0v) is 38.3. The molecule has 3 atom stereocenters. The average Bonchev–Trinajstić information content (AvgIpc) is 4.16. The molecule has 4 saturated heterocycles. The van der Waals surface area contributed by atoms with Gasteiger partial charge in [0.1, 0.15) is 24.6 Å². The number of carbonyl (C=O) groups is 3. The number of carbonyl (C=O) groups excluding carboxylic acids is 3. The topological polar surface area (TPSA) is 117 Å². The number of amides is 1.